The smallest absolute Gasteiger partial charge is 0.305 e. The SMILES string of the molecule is CCOC(=O)CCC1CCNC(C)C1. The number of hydrogen-bond donors (Lipinski definition) is 1. The van der Waals surface area contributed by atoms with Crippen LogP contribution < -0.4 is 5.32 Å². The molecule has 1 N–H and O–H groups in total. The quantitative estimate of drug-likeness (QED) is 0.701. The summed E-state index contributed by atoms with van der Waals surface area (Å²) < 4.78 is 4.91. The van der Waals surface area contributed by atoms with Crippen LogP contribution in [0.4, 0.5) is 0 Å². The van der Waals surface area contributed by atoms with Crippen molar-refractivity contribution in [2.24, 2.45) is 5.92 Å². The van der Waals surface area contributed by atoms with Gasteiger partial charge in [-0.05, 0) is 45.6 Å². The van der Waals surface area contributed by atoms with Crippen molar-refractivity contribution in [3.8, 4) is 0 Å². The molecule has 0 radical (unpaired) electrons. The molecule has 82 valence electrons. The summed E-state index contributed by atoms with van der Waals surface area (Å²) in [7, 11) is 0. The largest absolute Gasteiger partial charge is 0.466 e. The summed E-state index contributed by atoms with van der Waals surface area (Å²) in [6.45, 7) is 5.65. The fraction of sp³-hybridized carbons (Fsp3) is 0.909. The Hall–Kier alpha value is -0.570. The monoisotopic (exact) mass is 199 g/mol. The van der Waals surface area contributed by atoms with Crippen molar-refractivity contribution < 1.29 is 9.53 Å². The Kier molecular flexibility index (Phi) is 4.94. The molecule has 1 fully saturated rings. The normalized spacial score (nSPS) is 27.3. The van der Waals surface area contributed by atoms with Crippen LogP contribution in [-0.4, -0.2) is 25.2 Å². The van der Waals surface area contributed by atoms with E-state index in [0.717, 1.165) is 13.0 Å². The standard InChI is InChI=1S/C11H21NO2/c1-3-14-11(13)5-4-10-6-7-12-9(2)8-10/h9-10,12H,3-8H2,1-2H3. The molecule has 0 aromatic rings. The fourth-order valence-electron chi connectivity index (χ4n) is 2.05. The van der Waals surface area contributed by atoms with E-state index in [9.17, 15) is 4.79 Å². The number of hydrogen-bond acceptors (Lipinski definition) is 3. The first-order chi connectivity index (χ1) is 6.72. The van der Waals surface area contributed by atoms with E-state index < -0.39 is 0 Å². The lowest BCUT2D eigenvalue weighted by Crippen LogP contribution is -2.35. The first-order valence-corrected chi connectivity index (χ1v) is 5.61. The Labute approximate surface area is 86.2 Å². The molecule has 2 unspecified atom stereocenters. The first-order valence-electron chi connectivity index (χ1n) is 5.61. The van der Waals surface area contributed by atoms with Gasteiger partial charge in [-0.1, -0.05) is 0 Å². The van der Waals surface area contributed by atoms with Crippen LogP contribution in [0.15, 0.2) is 0 Å². The summed E-state index contributed by atoms with van der Waals surface area (Å²) >= 11 is 0. The van der Waals surface area contributed by atoms with E-state index in [1.165, 1.54) is 12.8 Å². The topological polar surface area (TPSA) is 38.3 Å². The molecular formula is C11H21NO2. The highest BCUT2D eigenvalue weighted by molar-refractivity contribution is 5.69. The molecule has 0 spiro atoms. The van der Waals surface area contributed by atoms with Gasteiger partial charge in [0.1, 0.15) is 0 Å². The van der Waals surface area contributed by atoms with Crippen molar-refractivity contribution >= 4 is 5.97 Å². The minimum absolute atomic E-state index is 0.0429. The third-order valence-corrected chi connectivity index (χ3v) is 2.79. The van der Waals surface area contributed by atoms with E-state index in [-0.39, 0.29) is 5.97 Å². The molecule has 1 rings (SSSR count). The van der Waals surface area contributed by atoms with Gasteiger partial charge in [-0.25, -0.2) is 0 Å². The molecule has 0 amide bonds. The summed E-state index contributed by atoms with van der Waals surface area (Å²) in [6, 6.07) is 0.607. The lowest BCUT2D eigenvalue weighted by atomic mass is 9.89. The lowest BCUT2D eigenvalue weighted by molar-refractivity contribution is -0.143. The summed E-state index contributed by atoms with van der Waals surface area (Å²) in [5.74, 6) is 0.661. The van der Waals surface area contributed by atoms with Crippen molar-refractivity contribution in [1.82, 2.24) is 5.32 Å². The summed E-state index contributed by atoms with van der Waals surface area (Å²) in [4.78, 5) is 11.1. The summed E-state index contributed by atoms with van der Waals surface area (Å²) in [5.41, 5.74) is 0. The van der Waals surface area contributed by atoms with Gasteiger partial charge in [0.25, 0.3) is 0 Å². The Balaban J connectivity index is 2.14. The van der Waals surface area contributed by atoms with Crippen LogP contribution in [0.1, 0.15) is 39.5 Å². The van der Waals surface area contributed by atoms with Crippen molar-refractivity contribution in [2.45, 2.75) is 45.6 Å². The van der Waals surface area contributed by atoms with E-state index in [4.69, 9.17) is 4.74 Å². The van der Waals surface area contributed by atoms with Crippen molar-refractivity contribution in [1.29, 1.82) is 0 Å². The van der Waals surface area contributed by atoms with Gasteiger partial charge in [-0.2, -0.15) is 0 Å². The molecule has 1 heterocycles. The molecule has 0 aromatic carbocycles. The van der Waals surface area contributed by atoms with Gasteiger partial charge in [-0.3, -0.25) is 4.79 Å². The van der Waals surface area contributed by atoms with Gasteiger partial charge in [0.15, 0.2) is 0 Å². The van der Waals surface area contributed by atoms with E-state index in [0.29, 0.717) is 25.0 Å². The molecule has 0 bridgehead atoms. The second-order valence-electron chi connectivity index (χ2n) is 4.09. The van der Waals surface area contributed by atoms with E-state index in [2.05, 4.69) is 12.2 Å². The van der Waals surface area contributed by atoms with Gasteiger partial charge in [0.05, 0.1) is 6.61 Å². The van der Waals surface area contributed by atoms with Crippen LogP contribution in [0.25, 0.3) is 0 Å². The number of esters is 1. The van der Waals surface area contributed by atoms with Gasteiger partial charge in [-0.15, -0.1) is 0 Å². The number of nitrogens with one attached hydrogen (secondary N) is 1. The minimum Gasteiger partial charge on any atom is -0.466 e. The number of ether oxygens (including phenoxy) is 1. The van der Waals surface area contributed by atoms with Crippen LogP contribution in [0.3, 0.4) is 0 Å². The lowest BCUT2D eigenvalue weighted by Gasteiger charge is -2.27. The Morgan fingerprint density at radius 2 is 2.36 bits per heavy atom. The zero-order valence-corrected chi connectivity index (χ0v) is 9.21. The zero-order valence-electron chi connectivity index (χ0n) is 9.21. The van der Waals surface area contributed by atoms with Crippen molar-refractivity contribution in [3.05, 3.63) is 0 Å². The molecule has 14 heavy (non-hydrogen) atoms. The molecule has 3 heteroatoms. The fourth-order valence-corrected chi connectivity index (χ4v) is 2.05. The van der Waals surface area contributed by atoms with E-state index >= 15 is 0 Å². The minimum atomic E-state index is -0.0429. The third kappa shape index (κ3) is 4.09. The average molecular weight is 199 g/mol. The third-order valence-electron chi connectivity index (χ3n) is 2.79. The predicted octanol–water partition coefficient (Wildman–Crippen LogP) is 1.72. The van der Waals surface area contributed by atoms with Crippen LogP contribution in [0, 0.1) is 5.92 Å². The highest BCUT2D eigenvalue weighted by Crippen LogP contribution is 2.21. The highest BCUT2D eigenvalue weighted by Gasteiger charge is 2.18. The van der Waals surface area contributed by atoms with Crippen LogP contribution in [0.5, 0.6) is 0 Å². The molecule has 1 aliphatic heterocycles. The summed E-state index contributed by atoms with van der Waals surface area (Å²) in [6.07, 6.45) is 3.97. The number of piperidine rings is 1. The average Bonchev–Trinajstić information content (AvgIpc) is 2.15. The molecule has 1 saturated heterocycles. The molecule has 1 aliphatic rings. The molecule has 0 aliphatic carbocycles. The Morgan fingerprint density at radius 3 is 3.00 bits per heavy atom. The van der Waals surface area contributed by atoms with Crippen molar-refractivity contribution in [3.63, 3.8) is 0 Å². The molecule has 2 atom stereocenters. The first kappa shape index (κ1) is 11.5. The molecule has 3 nitrogen and oxygen atoms in total. The zero-order chi connectivity index (χ0) is 10.4. The Bertz CT molecular complexity index is 182. The Morgan fingerprint density at radius 1 is 1.57 bits per heavy atom. The maximum Gasteiger partial charge on any atom is 0.305 e. The van der Waals surface area contributed by atoms with E-state index in [1.54, 1.807) is 0 Å². The number of rotatable bonds is 4. The van der Waals surface area contributed by atoms with Gasteiger partial charge < -0.3 is 10.1 Å². The van der Waals surface area contributed by atoms with Gasteiger partial charge >= 0.3 is 5.97 Å². The summed E-state index contributed by atoms with van der Waals surface area (Å²) in [5, 5.41) is 3.41. The molecule has 0 saturated carbocycles. The maximum absolute atomic E-state index is 11.1. The number of carbonyl (C=O) groups is 1. The van der Waals surface area contributed by atoms with Crippen LogP contribution in [-0.2, 0) is 9.53 Å². The predicted molar refractivity (Wildman–Crippen MR) is 56.1 cm³/mol. The van der Waals surface area contributed by atoms with Gasteiger partial charge in [0, 0.05) is 12.5 Å². The van der Waals surface area contributed by atoms with E-state index in [1.807, 2.05) is 6.92 Å². The highest BCUT2D eigenvalue weighted by atomic mass is 16.5. The van der Waals surface area contributed by atoms with Gasteiger partial charge in [0.2, 0.25) is 0 Å². The maximum atomic E-state index is 11.1. The molecular weight excluding hydrogens is 178 g/mol. The van der Waals surface area contributed by atoms with Crippen LogP contribution in [0.2, 0.25) is 0 Å². The molecule has 0 aromatic heterocycles. The second kappa shape index (κ2) is 6.02. The van der Waals surface area contributed by atoms with Crippen LogP contribution >= 0.6 is 0 Å². The van der Waals surface area contributed by atoms with Crippen molar-refractivity contribution in [2.75, 3.05) is 13.2 Å². The second-order valence-corrected chi connectivity index (χ2v) is 4.09. The number of carbonyl (C=O) groups excluding carboxylic acids is 1.